The molecule has 7 heteroatoms. The van der Waals surface area contributed by atoms with Gasteiger partial charge < -0.3 is 10.6 Å². The van der Waals surface area contributed by atoms with Gasteiger partial charge in [-0.3, -0.25) is 9.59 Å². The molecule has 0 unspecified atom stereocenters. The lowest BCUT2D eigenvalue weighted by molar-refractivity contribution is -0.573. The molecule has 0 bridgehead atoms. The number of nitrogens with one attached hydrogen (secondary N) is 2. The fourth-order valence-electron chi connectivity index (χ4n) is 2.57. The van der Waals surface area contributed by atoms with Crippen molar-refractivity contribution in [2.75, 3.05) is 13.6 Å². The SMILES string of the molecule is CNC(=O)CCNC(=O)c1ccc2c(c1)C(c1ccc(F)cc1)=N[NH2+]2. The fourth-order valence-corrected chi connectivity index (χ4v) is 2.57. The third-order valence-corrected chi connectivity index (χ3v) is 3.94. The van der Waals surface area contributed by atoms with E-state index in [4.69, 9.17) is 0 Å². The molecule has 25 heavy (non-hydrogen) atoms. The topological polar surface area (TPSA) is 87.2 Å². The second kappa shape index (κ2) is 7.23. The Kier molecular flexibility index (Phi) is 4.85. The summed E-state index contributed by atoms with van der Waals surface area (Å²) in [4.78, 5) is 23.5. The van der Waals surface area contributed by atoms with Gasteiger partial charge in [0.2, 0.25) is 5.91 Å². The zero-order chi connectivity index (χ0) is 17.8. The van der Waals surface area contributed by atoms with E-state index in [2.05, 4.69) is 15.7 Å². The number of nitrogens with two attached hydrogens (primary N) is 1. The second-order valence-corrected chi connectivity index (χ2v) is 5.59. The highest BCUT2D eigenvalue weighted by Crippen LogP contribution is 2.21. The molecule has 1 aliphatic rings. The van der Waals surface area contributed by atoms with Crippen molar-refractivity contribution in [3.05, 3.63) is 65.0 Å². The maximum absolute atomic E-state index is 13.1. The number of nitrogens with zero attached hydrogens (tertiary/aromatic N) is 1. The summed E-state index contributed by atoms with van der Waals surface area (Å²) in [5, 5.41) is 9.61. The van der Waals surface area contributed by atoms with Crippen LogP contribution in [0, 0.1) is 5.82 Å². The molecule has 2 aromatic carbocycles. The van der Waals surface area contributed by atoms with Crippen LogP contribution in [-0.4, -0.2) is 31.1 Å². The van der Waals surface area contributed by atoms with Crippen molar-refractivity contribution in [3.8, 4) is 0 Å². The van der Waals surface area contributed by atoms with Crippen LogP contribution < -0.4 is 16.1 Å². The number of fused-ring (bicyclic) bond motifs is 1. The Morgan fingerprint density at radius 1 is 1.16 bits per heavy atom. The summed E-state index contributed by atoms with van der Waals surface area (Å²) in [7, 11) is 1.55. The van der Waals surface area contributed by atoms with E-state index >= 15 is 0 Å². The molecule has 2 aromatic rings. The molecule has 0 aliphatic carbocycles. The van der Waals surface area contributed by atoms with Gasteiger partial charge in [-0.2, -0.15) is 5.43 Å². The van der Waals surface area contributed by atoms with Crippen LogP contribution in [0.4, 0.5) is 10.1 Å². The van der Waals surface area contributed by atoms with Crippen molar-refractivity contribution >= 4 is 23.2 Å². The van der Waals surface area contributed by atoms with Gasteiger partial charge in [0, 0.05) is 37.2 Å². The van der Waals surface area contributed by atoms with Gasteiger partial charge in [-0.25, -0.2) is 4.39 Å². The highest BCUT2D eigenvalue weighted by Gasteiger charge is 2.23. The van der Waals surface area contributed by atoms with E-state index in [-0.39, 0.29) is 30.6 Å². The van der Waals surface area contributed by atoms with E-state index < -0.39 is 0 Å². The fraction of sp³-hybridized carbons (Fsp3) is 0.167. The average molecular weight is 341 g/mol. The molecule has 4 N–H and O–H groups in total. The molecule has 0 aromatic heterocycles. The van der Waals surface area contributed by atoms with E-state index in [1.54, 1.807) is 36.7 Å². The summed E-state index contributed by atoms with van der Waals surface area (Å²) in [6.45, 7) is 0.265. The van der Waals surface area contributed by atoms with Gasteiger partial charge >= 0.3 is 0 Å². The Morgan fingerprint density at radius 2 is 1.92 bits per heavy atom. The van der Waals surface area contributed by atoms with E-state index in [9.17, 15) is 14.0 Å². The molecular formula is C18H18FN4O2+. The Morgan fingerprint density at radius 3 is 2.64 bits per heavy atom. The van der Waals surface area contributed by atoms with Crippen LogP contribution in [0.15, 0.2) is 47.6 Å². The Labute approximate surface area is 144 Å². The molecule has 0 saturated heterocycles. The van der Waals surface area contributed by atoms with Crippen LogP contribution in [0.1, 0.15) is 27.9 Å². The molecule has 128 valence electrons. The number of hydrogen-bond donors (Lipinski definition) is 3. The summed E-state index contributed by atoms with van der Waals surface area (Å²) in [5.41, 5.74) is 5.43. The van der Waals surface area contributed by atoms with Gasteiger partial charge in [0.15, 0.2) is 5.69 Å². The molecule has 1 heterocycles. The van der Waals surface area contributed by atoms with Gasteiger partial charge in [0.25, 0.3) is 5.91 Å². The number of benzene rings is 2. The number of carbonyl (C=O) groups is 2. The van der Waals surface area contributed by atoms with Crippen molar-refractivity contribution in [2.24, 2.45) is 5.10 Å². The molecule has 0 spiro atoms. The van der Waals surface area contributed by atoms with Crippen molar-refractivity contribution in [1.82, 2.24) is 10.6 Å². The standard InChI is InChI=1S/C18H17FN4O2/c1-20-16(24)8-9-21-18(25)12-4-7-15-14(10-12)17(23-22-15)11-2-5-13(19)6-3-11/h2-7,10H,8-9H2,1H3,(H,20,24)(H,21,25)(H,22,23)/p+1. The zero-order valence-corrected chi connectivity index (χ0v) is 13.7. The third-order valence-electron chi connectivity index (χ3n) is 3.94. The number of quaternary nitrogens is 1. The van der Waals surface area contributed by atoms with Gasteiger partial charge in [0.1, 0.15) is 11.5 Å². The van der Waals surface area contributed by atoms with Gasteiger partial charge in [-0.1, -0.05) is 5.10 Å². The minimum Gasteiger partial charge on any atom is -0.359 e. The smallest absolute Gasteiger partial charge is 0.251 e. The highest BCUT2D eigenvalue weighted by molar-refractivity contribution is 6.16. The Hall–Kier alpha value is -3.06. The van der Waals surface area contributed by atoms with Crippen molar-refractivity contribution in [3.63, 3.8) is 0 Å². The maximum atomic E-state index is 13.1. The lowest BCUT2D eigenvalue weighted by atomic mass is 9.99. The van der Waals surface area contributed by atoms with Crippen LogP contribution in [0.5, 0.6) is 0 Å². The summed E-state index contributed by atoms with van der Waals surface area (Å²) in [6.07, 6.45) is 0.225. The van der Waals surface area contributed by atoms with Crippen molar-refractivity contribution in [2.45, 2.75) is 6.42 Å². The number of rotatable bonds is 5. The lowest BCUT2D eigenvalue weighted by Crippen LogP contribution is -2.69. The van der Waals surface area contributed by atoms with Crippen LogP contribution >= 0.6 is 0 Å². The van der Waals surface area contributed by atoms with E-state index in [0.29, 0.717) is 11.3 Å². The molecule has 0 radical (unpaired) electrons. The van der Waals surface area contributed by atoms with Crippen LogP contribution in [-0.2, 0) is 4.79 Å². The normalized spacial score (nSPS) is 12.3. The van der Waals surface area contributed by atoms with Crippen LogP contribution in [0.25, 0.3) is 0 Å². The third kappa shape index (κ3) is 3.72. The average Bonchev–Trinajstić information content (AvgIpc) is 3.05. The molecule has 3 rings (SSSR count). The minimum absolute atomic E-state index is 0.130. The summed E-state index contributed by atoms with van der Waals surface area (Å²) < 4.78 is 13.1. The molecule has 2 amide bonds. The predicted octanol–water partition coefficient (Wildman–Crippen LogP) is 0.652. The van der Waals surface area contributed by atoms with E-state index in [1.165, 1.54) is 12.1 Å². The zero-order valence-electron chi connectivity index (χ0n) is 13.7. The lowest BCUT2D eigenvalue weighted by Gasteiger charge is -2.06. The molecule has 0 saturated carbocycles. The van der Waals surface area contributed by atoms with E-state index in [1.807, 2.05) is 6.07 Å². The van der Waals surface area contributed by atoms with E-state index in [0.717, 1.165) is 16.8 Å². The first kappa shape index (κ1) is 16.8. The number of halogens is 1. The summed E-state index contributed by atoms with van der Waals surface area (Å²) >= 11 is 0. The minimum atomic E-state index is -0.309. The quantitative estimate of drug-likeness (QED) is 0.551. The summed E-state index contributed by atoms with van der Waals surface area (Å²) in [5.74, 6) is -0.692. The first-order chi connectivity index (χ1) is 12.1. The summed E-state index contributed by atoms with van der Waals surface area (Å²) in [6, 6.07) is 11.4. The van der Waals surface area contributed by atoms with Crippen LogP contribution in [0.2, 0.25) is 0 Å². The Balaban J connectivity index is 1.76. The first-order valence-electron chi connectivity index (χ1n) is 7.88. The van der Waals surface area contributed by atoms with Crippen molar-refractivity contribution < 1.29 is 19.4 Å². The second-order valence-electron chi connectivity index (χ2n) is 5.59. The molecule has 0 fully saturated rings. The molecular weight excluding hydrogens is 323 g/mol. The van der Waals surface area contributed by atoms with Crippen LogP contribution in [0.3, 0.4) is 0 Å². The number of amides is 2. The van der Waals surface area contributed by atoms with Gasteiger partial charge in [-0.05, 0) is 36.4 Å². The highest BCUT2D eigenvalue weighted by atomic mass is 19.1. The van der Waals surface area contributed by atoms with Crippen molar-refractivity contribution in [1.29, 1.82) is 0 Å². The Bertz CT molecular complexity index is 847. The predicted molar refractivity (Wildman–Crippen MR) is 91.1 cm³/mol. The molecule has 6 nitrogen and oxygen atoms in total. The molecule has 0 atom stereocenters. The van der Waals surface area contributed by atoms with Gasteiger partial charge in [-0.15, -0.1) is 0 Å². The first-order valence-corrected chi connectivity index (χ1v) is 7.88. The molecule has 1 aliphatic heterocycles. The van der Waals surface area contributed by atoms with Gasteiger partial charge in [0.05, 0.1) is 5.56 Å². The maximum Gasteiger partial charge on any atom is 0.251 e. The number of hydrogen-bond acceptors (Lipinski definition) is 3. The number of carbonyl (C=O) groups excluding carboxylic acids is 2. The largest absolute Gasteiger partial charge is 0.359 e. The monoisotopic (exact) mass is 341 g/mol.